The Morgan fingerprint density at radius 1 is 1.54 bits per heavy atom. The first-order valence-corrected chi connectivity index (χ1v) is 4.22. The molecule has 1 aromatic heterocycles. The summed E-state index contributed by atoms with van der Waals surface area (Å²) in [6.45, 7) is 0.945. The molecule has 0 aliphatic rings. The fraction of sp³-hybridized carbons (Fsp3) is 0.500. The first-order valence-electron chi connectivity index (χ1n) is 4.22. The third-order valence-corrected chi connectivity index (χ3v) is 1.58. The summed E-state index contributed by atoms with van der Waals surface area (Å²) in [5, 5.41) is 17.5. The topological polar surface area (TPSA) is 78.0 Å². The minimum atomic E-state index is -0.216. The molecule has 0 saturated heterocycles. The number of aliphatic hydroxyl groups is 1. The summed E-state index contributed by atoms with van der Waals surface area (Å²) < 4.78 is 0. The maximum atomic E-state index is 10.8. The monoisotopic (exact) mass is 183 g/mol. The SMILES string of the molecule is O=c1cc(NCCCCO)cn[nH]1. The molecular formula is C8H13N3O2. The lowest BCUT2D eigenvalue weighted by Crippen LogP contribution is -2.10. The Hall–Kier alpha value is -1.36. The van der Waals surface area contributed by atoms with Crippen LogP contribution < -0.4 is 10.9 Å². The molecule has 0 aliphatic heterocycles. The second-order valence-electron chi connectivity index (χ2n) is 2.69. The molecular weight excluding hydrogens is 170 g/mol. The number of unbranched alkanes of at least 4 members (excludes halogenated alkanes) is 1. The van der Waals surface area contributed by atoms with E-state index in [1.807, 2.05) is 0 Å². The van der Waals surface area contributed by atoms with Crippen molar-refractivity contribution < 1.29 is 5.11 Å². The molecule has 0 saturated carbocycles. The maximum absolute atomic E-state index is 10.8. The third-order valence-electron chi connectivity index (χ3n) is 1.58. The summed E-state index contributed by atoms with van der Waals surface area (Å²) in [7, 11) is 0. The molecule has 3 N–H and O–H groups in total. The van der Waals surface area contributed by atoms with Gasteiger partial charge in [0.2, 0.25) is 0 Å². The lowest BCUT2D eigenvalue weighted by molar-refractivity contribution is 0.286. The van der Waals surface area contributed by atoms with Crippen LogP contribution in [0, 0.1) is 0 Å². The Labute approximate surface area is 75.8 Å². The highest BCUT2D eigenvalue weighted by Crippen LogP contribution is 1.98. The van der Waals surface area contributed by atoms with Crippen molar-refractivity contribution in [1.82, 2.24) is 10.2 Å². The second kappa shape index (κ2) is 5.31. The molecule has 13 heavy (non-hydrogen) atoms. The Balaban J connectivity index is 2.33. The van der Waals surface area contributed by atoms with E-state index >= 15 is 0 Å². The number of hydrogen-bond acceptors (Lipinski definition) is 4. The summed E-state index contributed by atoms with van der Waals surface area (Å²) in [6, 6.07) is 1.45. The zero-order valence-corrected chi connectivity index (χ0v) is 7.29. The number of rotatable bonds is 5. The number of aliphatic hydroxyl groups excluding tert-OH is 1. The van der Waals surface area contributed by atoms with Gasteiger partial charge in [0, 0.05) is 19.2 Å². The van der Waals surface area contributed by atoms with Crippen LogP contribution in [0.25, 0.3) is 0 Å². The molecule has 0 aliphatic carbocycles. The van der Waals surface area contributed by atoms with Crippen LogP contribution in [0.15, 0.2) is 17.1 Å². The Morgan fingerprint density at radius 2 is 2.38 bits per heavy atom. The summed E-state index contributed by atoms with van der Waals surface area (Å²) >= 11 is 0. The number of hydrogen-bond donors (Lipinski definition) is 3. The average molecular weight is 183 g/mol. The molecule has 0 unspecified atom stereocenters. The summed E-state index contributed by atoms with van der Waals surface area (Å²) in [4.78, 5) is 10.8. The molecule has 0 radical (unpaired) electrons. The van der Waals surface area contributed by atoms with Crippen LogP contribution >= 0.6 is 0 Å². The van der Waals surface area contributed by atoms with Gasteiger partial charge in [-0.1, -0.05) is 0 Å². The molecule has 1 rings (SSSR count). The van der Waals surface area contributed by atoms with Gasteiger partial charge < -0.3 is 10.4 Å². The lowest BCUT2D eigenvalue weighted by atomic mass is 10.3. The van der Waals surface area contributed by atoms with Crippen molar-refractivity contribution >= 4 is 5.69 Å². The molecule has 5 nitrogen and oxygen atoms in total. The molecule has 1 heterocycles. The van der Waals surface area contributed by atoms with Crippen molar-refractivity contribution in [2.24, 2.45) is 0 Å². The Morgan fingerprint density at radius 3 is 3.08 bits per heavy atom. The van der Waals surface area contributed by atoms with Gasteiger partial charge >= 0.3 is 0 Å². The summed E-state index contributed by atoms with van der Waals surface area (Å²) in [5.74, 6) is 0. The molecule has 0 amide bonds. The lowest BCUT2D eigenvalue weighted by Gasteiger charge is -2.03. The molecule has 0 spiro atoms. The smallest absolute Gasteiger partial charge is 0.266 e. The van der Waals surface area contributed by atoms with Gasteiger partial charge in [0.05, 0.1) is 11.9 Å². The van der Waals surface area contributed by atoms with Crippen molar-refractivity contribution in [1.29, 1.82) is 0 Å². The van der Waals surface area contributed by atoms with Gasteiger partial charge in [-0.3, -0.25) is 4.79 Å². The Bertz CT molecular complexity index is 297. The van der Waals surface area contributed by atoms with E-state index in [0.717, 1.165) is 19.4 Å². The van der Waals surface area contributed by atoms with Crippen molar-refractivity contribution in [3.8, 4) is 0 Å². The van der Waals surface area contributed by atoms with E-state index in [2.05, 4.69) is 15.5 Å². The zero-order chi connectivity index (χ0) is 9.52. The van der Waals surface area contributed by atoms with Crippen LogP contribution in [0.2, 0.25) is 0 Å². The van der Waals surface area contributed by atoms with Gasteiger partial charge in [-0.25, -0.2) is 5.10 Å². The van der Waals surface area contributed by atoms with Crippen LogP contribution in [0.3, 0.4) is 0 Å². The Kier molecular flexibility index (Phi) is 3.98. The van der Waals surface area contributed by atoms with Crippen LogP contribution in [0.5, 0.6) is 0 Å². The number of aromatic nitrogens is 2. The van der Waals surface area contributed by atoms with E-state index < -0.39 is 0 Å². The van der Waals surface area contributed by atoms with E-state index in [9.17, 15) is 4.79 Å². The molecule has 0 atom stereocenters. The quantitative estimate of drug-likeness (QED) is 0.559. The summed E-state index contributed by atoms with van der Waals surface area (Å²) in [5.41, 5.74) is 0.494. The van der Waals surface area contributed by atoms with E-state index in [1.54, 1.807) is 6.20 Å². The molecule has 1 aromatic rings. The minimum absolute atomic E-state index is 0.204. The maximum Gasteiger partial charge on any atom is 0.266 e. The van der Waals surface area contributed by atoms with Crippen LogP contribution in [0.1, 0.15) is 12.8 Å². The molecule has 0 bridgehead atoms. The standard InChI is InChI=1S/C8H13N3O2/c12-4-2-1-3-9-7-5-8(13)11-10-6-7/h5-6,12H,1-4H2,(H2,9,11,13). The van der Waals surface area contributed by atoms with Crippen LogP contribution in [-0.2, 0) is 0 Å². The van der Waals surface area contributed by atoms with Gasteiger partial charge in [-0.05, 0) is 12.8 Å². The van der Waals surface area contributed by atoms with E-state index in [4.69, 9.17) is 5.11 Å². The van der Waals surface area contributed by atoms with Gasteiger partial charge in [0.1, 0.15) is 0 Å². The molecule has 0 aromatic carbocycles. The van der Waals surface area contributed by atoms with Crippen molar-refractivity contribution in [3.63, 3.8) is 0 Å². The van der Waals surface area contributed by atoms with Gasteiger partial charge in [0.25, 0.3) is 5.56 Å². The predicted octanol–water partition coefficient (Wildman–Crippen LogP) is -0.0457. The fourth-order valence-corrected chi connectivity index (χ4v) is 0.942. The first-order chi connectivity index (χ1) is 6.33. The normalized spacial score (nSPS) is 9.92. The molecule has 72 valence electrons. The number of nitrogens with one attached hydrogen (secondary N) is 2. The van der Waals surface area contributed by atoms with Gasteiger partial charge in [-0.2, -0.15) is 5.10 Å². The highest BCUT2D eigenvalue weighted by molar-refractivity contribution is 5.38. The van der Waals surface area contributed by atoms with E-state index in [-0.39, 0.29) is 12.2 Å². The number of anilines is 1. The molecule has 0 fully saturated rings. The number of nitrogens with zero attached hydrogens (tertiary/aromatic N) is 1. The van der Waals surface area contributed by atoms with Crippen LogP contribution in [-0.4, -0.2) is 28.5 Å². The van der Waals surface area contributed by atoms with Gasteiger partial charge in [0.15, 0.2) is 0 Å². The summed E-state index contributed by atoms with van der Waals surface area (Å²) in [6.07, 6.45) is 3.20. The van der Waals surface area contributed by atoms with E-state index in [0.29, 0.717) is 5.69 Å². The van der Waals surface area contributed by atoms with Crippen LogP contribution in [0.4, 0.5) is 5.69 Å². The van der Waals surface area contributed by atoms with Crippen molar-refractivity contribution in [2.75, 3.05) is 18.5 Å². The molecule has 5 heteroatoms. The zero-order valence-electron chi connectivity index (χ0n) is 7.29. The third kappa shape index (κ3) is 3.71. The van der Waals surface area contributed by atoms with Crippen molar-refractivity contribution in [2.45, 2.75) is 12.8 Å². The largest absolute Gasteiger partial charge is 0.396 e. The fourth-order valence-electron chi connectivity index (χ4n) is 0.942. The second-order valence-corrected chi connectivity index (χ2v) is 2.69. The first kappa shape index (κ1) is 9.73. The number of H-pyrrole nitrogens is 1. The average Bonchev–Trinajstić information content (AvgIpc) is 2.13. The minimum Gasteiger partial charge on any atom is -0.396 e. The highest BCUT2D eigenvalue weighted by Gasteiger charge is 1.92. The van der Waals surface area contributed by atoms with E-state index in [1.165, 1.54) is 6.07 Å². The highest BCUT2D eigenvalue weighted by atomic mass is 16.2. The van der Waals surface area contributed by atoms with Crippen molar-refractivity contribution in [3.05, 3.63) is 22.6 Å². The predicted molar refractivity (Wildman–Crippen MR) is 49.7 cm³/mol. The number of aromatic amines is 1. The van der Waals surface area contributed by atoms with Gasteiger partial charge in [-0.15, -0.1) is 0 Å².